The zero-order valence-corrected chi connectivity index (χ0v) is 8.34. The summed E-state index contributed by atoms with van der Waals surface area (Å²) in [6.07, 6.45) is 0.377. The lowest BCUT2D eigenvalue weighted by Crippen LogP contribution is -1.97. The number of aryl methyl sites for hydroxylation is 1. The van der Waals surface area contributed by atoms with E-state index in [1.165, 1.54) is 12.1 Å². The SMILES string of the molecule is O=C(O)CCc1cc(F)cc(Br)c1. The van der Waals surface area contributed by atoms with E-state index in [0.717, 1.165) is 0 Å². The Morgan fingerprint density at radius 1 is 1.46 bits per heavy atom. The minimum absolute atomic E-state index is 0.0237. The van der Waals surface area contributed by atoms with Crippen molar-refractivity contribution in [1.29, 1.82) is 0 Å². The molecule has 0 unspecified atom stereocenters. The predicted octanol–water partition coefficient (Wildman–Crippen LogP) is 2.61. The first-order valence-electron chi connectivity index (χ1n) is 3.74. The summed E-state index contributed by atoms with van der Waals surface area (Å²) >= 11 is 3.13. The van der Waals surface area contributed by atoms with E-state index in [-0.39, 0.29) is 12.2 Å². The summed E-state index contributed by atoms with van der Waals surface area (Å²) < 4.78 is 13.4. The van der Waals surface area contributed by atoms with Gasteiger partial charge in [-0.25, -0.2) is 4.39 Å². The fraction of sp³-hybridized carbons (Fsp3) is 0.222. The molecule has 1 aromatic rings. The van der Waals surface area contributed by atoms with Crippen molar-refractivity contribution >= 4 is 21.9 Å². The van der Waals surface area contributed by atoms with Gasteiger partial charge in [0.15, 0.2) is 0 Å². The van der Waals surface area contributed by atoms with Crippen molar-refractivity contribution < 1.29 is 14.3 Å². The topological polar surface area (TPSA) is 37.3 Å². The number of carboxylic acids is 1. The van der Waals surface area contributed by atoms with Crippen LogP contribution in [0.3, 0.4) is 0 Å². The molecule has 13 heavy (non-hydrogen) atoms. The van der Waals surface area contributed by atoms with Gasteiger partial charge in [-0.3, -0.25) is 4.79 Å². The lowest BCUT2D eigenvalue weighted by Gasteiger charge is -1.99. The quantitative estimate of drug-likeness (QED) is 0.891. The van der Waals surface area contributed by atoms with Crippen molar-refractivity contribution in [2.45, 2.75) is 12.8 Å². The first kappa shape index (κ1) is 10.2. The summed E-state index contributed by atoms with van der Waals surface area (Å²) in [5.74, 6) is -1.23. The number of benzene rings is 1. The third-order valence-corrected chi connectivity index (χ3v) is 2.01. The standard InChI is InChI=1S/C9H8BrFO2/c10-7-3-6(1-2-9(12)13)4-8(11)5-7/h3-5H,1-2H2,(H,12,13). The van der Waals surface area contributed by atoms with E-state index in [4.69, 9.17) is 5.11 Å². The molecule has 4 heteroatoms. The third-order valence-electron chi connectivity index (χ3n) is 1.55. The Morgan fingerprint density at radius 2 is 2.15 bits per heavy atom. The summed E-state index contributed by atoms with van der Waals surface area (Å²) in [4.78, 5) is 10.2. The van der Waals surface area contributed by atoms with Crippen LogP contribution in [0.5, 0.6) is 0 Å². The number of hydrogen-bond donors (Lipinski definition) is 1. The second-order valence-electron chi connectivity index (χ2n) is 2.67. The van der Waals surface area contributed by atoms with Crippen LogP contribution >= 0.6 is 15.9 Å². The van der Waals surface area contributed by atoms with E-state index in [9.17, 15) is 9.18 Å². The molecule has 2 nitrogen and oxygen atoms in total. The van der Waals surface area contributed by atoms with Crippen LogP contribution < -0.4 is 0 Å². The molecule has 0 atom stereocenters. The van der Waals surface area contributed by atoms with Crippen LogP contribution in [0.2, 0.25) is 0 Å². The molecular formula is C9H8BrFO2. The fourth-order valence-electron chi connectivity index (χ4n) is 1.01. The first-order valence-corrected chi connectivity index (χ1v) is 4.54. The molecule has 0 saturated heterocycles. The van der Waals surface area contributed by atoms with Gasteiger partial charge in [-0.1, -0.05) is 15.9 Å². The molecule has 0 saturated carbocycles. The highest BCUT2D eigenvalue weighted by atomic mass is 79.9. The number of halogens is 2. The average molecular weight is 247 g/mol. The number of aliphatic carboxylic acids is 1. The normalized spacial score (nSPS) is 10.0. The summed E-state index contributed by atoms with van der Waals surface area (Å²) in [5, 5.41) is 8.41. The molecule has 0 aliphatic carbocycles. The van der Waals surface area contributed by atoms with Crippen molar-refractivity contribution in [2.75, 3.05) is 0 Å². The predicted molar refractivity (Wildman–Crippen MR) is 50.1 cm³/mol. The van der Waals surface area contributed by atoms with Gasteiger partial charge >= 0.3 is 5.97 Å². The van der Waals surface area contributed by atoms with Crippen LogP contribution in [0.25, 0.3) is 0 Å². The van der Waals surface area contributed by atoms with Crippen LogP contribution in [-0.4, -0.2) is 11.1 Å². The number of rotatable bonds is 3. The maximum absolute atomic E-state index is 12.8. The Bertz CT molecular complexity index is 305. The second-order valence-corrected chi connectivity index (χ2v) is 3.59. The highest BCUT2D eigenvalue weighted by molar-refractivity contribution is 9.10. The highest BCUT2D eigenvalue weighted by Gasteiger charge is 2.01. The molecule has 0 aliphatic rings. The highest BCUT2D eigenvalue weighted by Crippen LogP contribution is 2.15. The Labute approximate surface area is 83.5 Å². The molecule has 0 radical (unpaired) electrons. The van der Waals surface area contributed by atoms with Crippen LogP contribution in [-0.2, 0) is 11.2 Å². The molecule has 1 aromatic carbocycles. The molecule has 0 heterocycles. The lowest BCUT2D eigenvalue weighted by atomic mass is 10.1. The minimum Gasteiger partial charge on any atom is -0.481 e. The van der Waals surface area contributed by atoms with E-state index in [2.05, 4.69) is 15.9 Å². The molecule has 0 amide bonds. The molecule has 1 N–H and O–H groups in total. The molecule has 1 rings (SSSR count). The van der Waals surface area contributed by atoms with Gasteiger partial charge in [0.25, 0.3) is 0 Å². The van der Waals surface area contributed by atoms with Gasteiger partial charge in [-0.15, -0.1) is 0 Å². The zero-order valence-electron chi connectivity index (χ0n) is 6.76. The van der Waals surface area contributed by atoms with Crippen molar-refractivity contribution in [2.24, 2.45) is 0 Å². The molecule has 0 fully saturated rings. The van der Waals surface area contributed by atoms with Crippen molar-refractivity contribution in [3.8, 4) is 0 Å². The fourth-order valence-corrected chi connectivity index (χ4v) is 1.52. The number of hydrogen-bond acceptors (Lipinski definition) is 1. The molecule has 70 valence electrons. The van der Waals surface area contributed by atoms with E-state index in [1.54, 1.807) is 6.07 Å². The Kier molecular flexibility index (Phi) is 3.42. The van der Waals surface area contributed by atoms with Crippen molar-refractivity contribution in [1.82, 2.24) is 0 Å². The first-order chi connectivity index (χ1) is 6.08. The van der Waals surface area contributed by atoms with Gasteiger partial charge in [-0.05, 0) is 30.2 Å². The Hall–Kier alpha value is -0.900. The molecule has 0 aromatic heterocycles. The van der Waals surface area contributed by atoms with Gasteiger partial charge in [0, 0.05) is 10.9 Å². The monoisotopic (exact) mass is 246 g/mol. The summed E-state index contributed by atoms with van der Waals surface area (Å²) in [7, 11) is 0. The Morgan fingerprint density at radius 3 is 2.69 bits per heavy atom. The summed E-state index contributed by atoms with van der Waals surface area (Å²) in [6, 6.07) is 4.39. The summed E-state index contributed by atoms with van der Waals surface area (Å²) in [6.45, 7) is 0. The minimum atomic E-state index is -0.875. The number of carboxylic acid groups (broad SMARTS) is 1. The van der Waals surface area contributed by atoms with Gasteiger partial charge in [-0.2, -0.15) is 0 Å². The van der Waals surface area contributed by atoms with Crippen molar-refractivity contribution in [3.63, 3.8) is 0 Å². The van der Waals surface area contributed by atoms with E-state index in [0.29, 0.717) is 16.5 Å². The van der Waals surface area contributed by atoms with Crippen LogP contribution in [0.1, 0.15) is 12.0 Å². The van der Waals surface area contributed by atoms with E-state index in [1.807, 2.05) is 0 Å². The van der Waals surface area contributed by atoms with Crippen LogP contribution in [0, 0.1) is 5.82 Å². The molecule has 0 spiro atoms. The third kappa shape index (κ3) is 3.55. The van der Waals surface area contributed by atoms with Crippen molar-refractivity contribution in [3.05, 3.63) is 34.1 Å². The van der Waals surface area contributed by atoms with E-state index >= 15 is 0 Å². The zero-order chi connectivity index (χ0) is 9.84. The number of carbonyl (C=O) groups is 1. The maximum atomic E-state index is 12.8. The molecule has 0 aliphatic heterocycles. The largest absolute Gasteiger partial charge is 0.481 e. The van der Waals surface area contributed by atoms with Gasteiger partial charge < -0.3 is 5.11 Å². The maximum Gasteiger partial charge on any atom is 0.303 e. The lowest BCUT2D eigenvalue weighted by molar-refractivity contribution is -0.136. The summed E-state index contributed by atoms with van der Waals surface area (Å²) in [5.41, 5.74) is 0.689. The van der Waals surface area contributed by atoms with Gasteiger partial charge in [0.1, 0.15) is 5.82 Å². The van der Waals surface area contributed by atoms with Gasteiger partial charge in [0.2, 0.25) is 0 Å². The average Bonchev–Trinajstić information content (AvgIpc) is 1.99. The Balaban J connectivity index is 2.71. The smallest absolute Gasteiger partial charge is 0.303 e. The van der Waals surface area contributed by atoms with Crippen LogP contribution in [0.4, 0.5) is 4.39 Å². The van der Waals surface area contributed by atoms with E-state index < -0.39 is 5.97 Å². The van der Waals surface area contributed by atoms with Crippen LogP contribution in [0.15, 0.2) is 22.7 Å². The second kappa shape index (κ2) is 4.37. The molecule has 0 bridgehead atoms. The van der Waals surface area contributed by atoms with Gasteiger partial charge in [0.05, 0.1) is 0 Å². The molecular weight excluding hydrogens is 239 g/mol.